The average molecular weight is 1240 g/mol. The fraction of sp³-hybridized carbons (Fsp3) is 0.931. The number of aliphatic hydroxyl groups is 15. The highest BCUT2D eigenvalue weighted by Crippen LogP contribution is 2.76. The van der Waals surface area contributed by atoms with Crippen LogP contribution in [0.15, 0.2) is 11.6 Å². The van der Waals surface area contributed by atoms with E-state index in [-0.39, 0.29) is 23.7 Å². The third-order valence-corrected chi connectivity index (χ3v) is 22.8. The molecule has 0 aromatic carbocycles. The zero-order valence-electron chi connectivity index (χ0n) is 49.5. The minimum Gasteiger partial charge on any atom is -0.481 e. The van der Waals surface area contributed by atoms with Crippen molar-refractivity contribution in [1.29, 1.82) is 0 Å². The van der Waals surface area contributed by atoms with Crippen LogP contribution in [-0.4, -0.2) is 274 Å². The summed E-state index contributed by atoms with van der Waals surface area (Å²) in [7, 11) is 0. The number of ether oxygens (including phenoxy) is 10. The number of allylic oxidation sites excluding steroid dienone is 2. The van der Waals surface area contributed by atoms with Crippen molar-refractivity contribution in [3.63, 3.8) is 0 Å². The van der Waals surface area contributed by atoms with Gasteiger partial charge < -0.3 is 129 Å². The van der Waals surface area contributed by atoms with Crippen molar-refractivity contribution in [2.75, 3.05) is 26.4 Å². The monoisotopic (exact) mass is 1240 g/mol. The SMILES string of the molecule is CC1OC(OC2C(OC(=O)[C@]34CCC(C)(C)CC3C3=CCC5[C@@]6(C)C[C@H](O)[C@H](OC7OC(COC8OC(CO)C(O)C(O)C8O)C(O)C(O)C7O)[C@@](C)(C(=O)O)C6CC[C@@]5(C)C3(C)CC4)OCC(O)C2O)C(O)C(O)C1OC1OCC(O)C(O)C1O. The van der Waals surface area contributed by atoms with Crippen LogP contribution in [0.25, 0.3) is 0 Å². The normalized spacial score (nSPS) is 54.7. The number of carbonyl (C=O) groups excluding carboxylic acids is 1. The van der Waals surface area contributed by atoms with Crippen molar-refractivity contribution >= 4 is 11.9 Å². The van der Waals surface area contributed by atoms with E-state index in [1.165, 1.54) is 13.8 Å². The van der Waals surface area contributed by atoms with Gasteiger partial charge >= 0.3 is 11.9 Å². The summed E-state index contributed by atoms with van der Waals surface area (Å²) in [6, 6.07) is 0. The lowest BCUT2D eigenvalue weighted by molar-refractivity contribution is -0.368. The average Bonchev–Trinajstić information content (AvgIpc) is 0.676. The number of carbonyl (C=O) groups is 2. The lowest BCUT2D eigenvalue weighted by Crippen LogP contribution is -2.70. The molecule has 27 unspecified atom stereocenters. The summed E-state index contributed by atoms with van der Waals surface area (Å²) in [4.78, 5) is 29.3. The summed E-state index contributed by atoms with van der Waals surface area (Å²) in [5.74, 6) is -3.19. The summed E-state index contributed by atoms with van der Waals surface area (Å²) >= 11 is 0. The largest absolute Gasteiger partial charge is 0.481 e. The van der Waals surface area contributed by atoms with E-state index in [2.05, 4.69) is 33.8 Å². The molecule has 492 valence electrons. The molecule has 4 saturated carbocycles. The van der Waals surface area contributed by atoms with E-state index in [1.54, 1.807) is 0 Å². The van der Waals surface area contributed by atoms with Crippen LogP contribution >= 0.6 is 0 Å². The van der Waals surface area contributed by atoms with Gasteiger partial charge in [-0.05, 0) is 111 Å². The zero-order valence-corrected chi connectivity index (χ0v) is 49.5. The molecular weight excluding hydrogens is 1140 g/mol. The highest BCUT2D eigenvalue weighted by atomic mass is 16.8. The maximum atomic E-state index is 15.4. The highest BCUT2D eigenvalue weighted by molar-refractivity contribution is 5.79. The summed E-state index contributed by atoms with van der Waals surface area (Å²) in [6.07, 6.45) is -35.0. The molecule has 5 heterocycles. The lowest BCUT2D eigenvalue weighted by atomic mass is 9.33. The van der Waals surface area contributed by atoms with Crippen molar-refractivity contribution in [1.82, 2.24) is 0 Å². The summed E-state index contributed by atoms with van der Waals surface area (Å²) in [6.45, 7) is 11.4. The molecule has 5 aliphatic carbocycles. The molecule has 5 aliphatic heterocycles. The third-order valence-electron chi connectivity index (χ3n) is 22.8. The topological polar surface area (TPSA) is 450 Å². The van der Waals surface area contributed by atoms with Gasteiger partial charge in [0.15, 0.2) is 31.3 Å². The van der Waals surface area contributed by atoms with Gasteiger partial charge in [0, 0.05) is 0 Å². The molecule has 0 aromatic heterocycles. The van der Waals surface area contributed by atoms with Crippen LogP contribution < -0.4 is 0 Å². The van der Waals surface area contributed by atoms with Crippen LogP contribution in [0.1, 0.15) is 106 Å². The highest BCUT2D eigenvalue weighted by Gasteiger charge is 2.73. The van der Waals surface area contributed by atoms with E-state index >= 15 is 4.79 Å². The Kier molecular flexibility index (Phi) is 18.8. The van der Waals surface area contributed by atoms with Gasteiger partial charge in [-0.1, -0.05) is 46.3 Å². The molecule has 0 radical (unpaired) electrons. The Morgan fingerprint density at radius 3 is 1.80 bits per heavy atom. The Balaban J connectivity index is 0.864. The van der Waals surface area contributed by atoms with Crippen LogP contribution in [0.3, 0.4) is 0 Å². The van der Waals surface area contributed by atoms with Gasteiger partial charge in [-0.3, -0.25) is 9.59 Å². The molecule has 86 heavy (non-hydrogen) atoms. The first kappa shape index (κ1) is 66.6. The Hall–Kier alpha value is -2.28. The molecule has 16 N–H and O–H groups in total. The first-order chi connectivity index (χ1) is 40.2. The molecule has 0 amide bonds. The number of carboxylic acids is 1. The van der Waals surface area contributed by atoms with Crippen molar-refractivity contribution in [2.45, 2.75) is 260 Å². The maximum Gasteiger partial charge on any atom is 0.315 e. The number of aliphatic hydroxyl groups excluding tert-OH is 15. The van der Waals surface area contributed by atoms with E-state index in [1.807, 2.05) is 6.92 Å². The van der Waals surface area contributed by atoms with Crippen LogP contribution in [-0.2, 0) is 57.0 Å². The molecule has 10 aliphatic rings. The van der Waals surface area contributed by atoms with Crippen LogP contribution in [0, 0.1) is 50.2 Å². The van der Waals surface area contributed by atoms with Gasteiger partial charge in [0.25, 0.3) is 0 Å². The zero-order chi connectivity index (χ0) is 62.9. The van der Waals surface area contributed by atoms with Crippen molar-refractivity contribution in [3.05, 3.63) is 11.6 Å². The fourth-order valence-corrected chi connectivity index (χ4v) is 17.4. The molecule has 28 heteroatoms. The van der Waals surface area contributed by atoms with Gasteiger partial charge in [0.2, 0.25) is 6.29 Å². The lowest BCUT2D eigenvalue weighted by Gasteiger charge is -2.71. The minimum atomic E-state index is -1.95. The smallest absolute Gasteiger partial charge is 0.315 e. The molecule has 9 fully saturated rings. The van der Waals surface area contributed by atoms with Crippen molar-refractivity contribution < 1.29 is 139 Å². The molecule has 10 rings (SSSR count). The number of hydrogen-bond acceptors (Lipinski definition) is 27. The standard InChI is InChI=1S/C58H92O28/c1-22-43(83-47-39(70)32(63)26(61)19-77-47)38(69)42(73)48(80-22)84-44-33(64)27(62)20-78-50(44)86-52(76)58-14-12-53(2,3)16-24(58)23-8-9-30-54(4)17-25(60)45(57(7,51(74)75)31(54)10-11-56(30,6)55(23,5)13-15-58)85-49-41(72)37(68)35(66)29(82-49)21-79-46-40(71)36(67)34(65)28(18-59)81-46/h8,22,24-50,59-73H,9-21H2,1-7H3,(H,74,75)/t22?,24?,25-,26?,27?,28?,29?,30?,31?,32?,33?,34?,35?,36?,37?,38?,39?,40?,41?,42?,43?,44?,45-,46?,47?,48?,49?,50?,54+,55?,56+,57-,58-/m0/s1. The second-order valence-electron chi connectivity index (χ2n) is 28.1. The van der Waals surface area contributed by atoms with E-state index in [9.17, 15) is 86.5 Å². The number of carboxylic acid groups (broad SMARTS) is 1. The molecule has 28 nitrogen and oxygen atoms in total. The van der Waals surface area contributed by atoms with Gasteiger partial charge in [-0.15, -0.1) is 0 Å². The molecular formula is C58H92O28. The van der Waals surface area contributed by atoms with Crippen LogP contribution in [0.4, 0.5) is 0 Å². The summed E-state index contributed by atoms with van der Waals surface area (Å²) < 4.78 is 58.6. The predicted molar refractivity (Wildman–Crippen MR) is 285 cm³/mol. The van der Waals surface area contributed by atoms with E-state index in [4.69, 9.17) is 47.4 Å². The summed E-state index contributed by atoms with van der Waals surface area (Å²) in [5, 5.41) is 173. The third kappa shape index (κ3) is 10.9. The number of rotatable bonds is 13. The van der Waals surface area contributed by atoms with Gasteiger partial charge in [0.1, 0.15) is 104 Å². The van der Waals surface area contributed by atoms with E-state index < -0.39 is 225 Å². The molecule has 0 bridgehead atoms. The Morgan fingerprint density at radius 1 is 0.570 bits per heavy atom. The maximum absolute atomic E-state index is 15.4. The first-order valence-electron chi connectivity index (χ1n) is 30.3. The van der Waals surface area contributed by atoms with E-state index in [0.717, 1.165) is 5.57 Å². The molecule has 0 spiro atoms. The molecule has 0 aromatic rings. The second-order valence-corrected chi connectivity index (χ2v) is 28.1. The number of fused-ring (bicyclic) bond motifs is 7. The van der Waals surface area contributed by atoms with E-state index in [0.29, 0.717) is 51.4 Å². The van der Waals surface area contributed by atoms with Crippen molar-refractivity contribution in [3.8, 4) is 0 Å². The van der Waals surface area contributed by atoms with Crippen molar-refractivity contribution in [2.24, 2.45) is 50.2 Å². The van der Waals surface area contributed by atoms with Gasteiger partial charge in [-0.2, -0.15) is 0 Å². The summed E-state index contributed by atoms with van der Waals surface area (Å²) in [5.41, 5.74) is -4.16. The molecule has 5 saturated heterocycles. The fourth-order valence-electron chi connectivity index (χ4n) is 17.4. The van der Waals surface area contributed by atoms with Gasteiger partial charge in [-0.25, -0.2) is 0 Å². The Labute approximate surface area is 497 Å². The quantitative estimate of drug-likeness (QED) is 0.0477. The Bertz CT molecular complexity index is 2450. The minimum absolute atomic E-state index is 0.0474. The number of aliphatic carboxylic acids is 1. The second kappa shape index (κ2) is 24.3. The first-order valence-corrected chi connectivity index (χ1v) is 30.3. The molecule has 33 atom stereocenters. The number of esters is 1. The predicted octanol–water partition coefficient (Wildman–Crippen LogP) is -3.87. The van der Waals surface area contributed by atoms with Crippen LogP contribution in [0.2, 0.25) is 0 Å². The number of hydrogen-bond donors (Lipinski definition) is 16. The van der Waals surface area contributed by atoms with Crippen LogP contribution in [0.5, 0.6) is 0 Å². The van der Waals surface area contributed by atoms with Gasteiger partial charge in [0.05, 0.1) is 49.5 Å². The Morgan fingerprint density at radius 2 is 1.14 bits per heavy atom.